The Bertz CT molecular complexity index is 1610. The lowest BCUT2D eigenvalue weighted by Gasteiger charge is -2.27. The van der Waals surface area contributed by atoms with E-state index in [1.807, 2.05) is 13.8 Å². The zero-order chi connectivity index (χ0) is 27.6. The van der Waals surface area contributed by atoms with E-state index in [9.17, 15) is 13.2 Å². The topological polar surface area (TPSA) is 125 Å². The van der Waals surface area contributed by atoms with E-state index in [1.54, 1.807) is 53.4 Å². The van der Waals surface area contributed by atoms with Crippen molar-refractivity contribution in [2.45, 2.75) is 18.7 Å². The Balaban J connectivity index is 1.51. The summed E-state index contributed by atoms with van der Waals surface area (Å²) in [5.74, 6) is 0.610. The van der Waals surface area contributed by atoms with Gasteiger partial charge in [-0.25, -0.2) is 12.4 Å². The van der Waals surface area contributed by atoms with Gasteiger partial charge in [-0.3, -0.25) is 4.79 Å². The van der Waals surface area contributed by atoms with Crippen LogP contribution in [-0.4, -0.2) is 73.2 Å². The number of methoxy groups -OCH3 is 1. The number of benzene rings is 2. The molecule has 11 nitrogen and oxygen atoms in total. The van der Waals surface area contributed by atoms with E-state index >= 15 is 0 Å². The average molecular weight is 552 g/mol. The molecule has 204 valence electrons. The fourth-order valence-corrected chi connectivity index (χ4v) is 5.59. The summed E-state index contributed by atoms with van der Waals surface area (Å²) in [4.78, 5) is 23.9. The molecule has 1 amide bonds. The summed E-state index contributed by atoms with van der Waals surface area (Å²) in [6, 6.07) is 13.3. The standard InChI is InChI=1S/C27H29N5O6S/c1-4-38-25-22-11-12-32(39(34,35)20-8-5-18(2)6-9-20)24(22)29-27(30-25)28-19-7-10-21(23(17-19)36-3)26(33)31-13-15-37-16-14-31/h5-12,17H,4,13-16H2,1-3H3,(H,28,29,30). The van der Waals surface area contributed by atoms with Gasteiger partial charge in [-0.15, -0.1) is 0 Å². The lowest BCUT2D eigenvalue weighted by molar-refractivity contribution is 0.0301. The molecule has 0 atom stereocenters. The molecule has 0 bridgehead atoms. The van der Waals surface area contributed by atoms with Crippen LogP contribution in [0.15, 0.2) is 59.6 Å². The van der Waals surface area contributed by atoms with Gasteiger partial charge in [-0.05, 0) is 44.2 Å². The molecule has 0 unspecified atom stereocenters. The van der Waals surface area contributed by atoms with E-state index in [4.69, 9.17) is 14.2 Å². The highest BCUT2D eigenvalue weighted by atomic mass is 32.2. The molecule has 0 saturated carbocycles. The number of hydrogen-bond donors (Lipinski definition) is 1. The largest absolute Gasteiger partial charge is 0.496 e. The quantitative estimate of drug-likeness (QED) is 0.350. The van der Waals surface area contributed by atoms with Gasteiger partial charge in [-0.2, -0.15) is 9.97 Å². The van der Waals surface area contributed by atoms with E-state index < -0.39 is 10.0 Å². The molecular weight excluding hydrogens is 522 g/mol. The van der Waals surface area contributed by atoms with Gasteiger partial charge in [0.25, 0.3) is 15.9 Å². The smallest absolute Gasteiger partial charge is 0.269 e. The normalized spacial score (nSPS) is 13.9. The van der Waals surface area contributed by atoms with Gasteiger partial charge in [0.2, 0.25) is 11.8 Å². The molecule has 1 aliphatic rings. The third kappa shape index (κ3) is 5.25. The summed E-state index contributed by atoms with van der Waals surface area (Å²) in [6.07, 6.45) is 1.44. The number of amides is 1. The predicted octanol–water partition coefficient (Wildman–Crippen LogP) is 3.60. The summed E-state index contributed by atoms with van der Waals surface area (Å²) >= 11 is 0. The minimum absolute atomic E-state index is 0.124. The number of aryl methyl sites for hydroxylation is 1. The second-order valence-electron chi connectivity index (χ2n) is 8.90. The monoisotopic (exact) mass is 551 g/mol. The van der Waals surface area contributed by atoms with Gasteiger partial charge in [0.15, 0.2) is 5.65 Å². The number of rotatable bonds is 8. The maximum absolute atomic E-state index is 13.5. The fourth-order valence-electron chi connectivity index (χ4n) is 4.30. The highest BCUT2D eigenvalue weighted by molar-refractivity contribution is 7.90. The Morgan fingerprint density at radius 2 is 1.82 bits per heavy atom. The van der Waals surface area contributed by atoms with Crippen LogP contribution in [0.25, 0.3) is 11.0 Å². The number of anilines is 2. The molecule has 5 rings (SSSR count). The van der Waals surface area contributed by atoms with Gasteiger partial charge in [0.05, 0.1) is 42.8 Å². The fraction of sp³-hybridized carbons (Fsp3) is 0.296. The van der Waals surface area contributed by atoms with Crippen LogP contribution in [0.5, 0.6) is 11.6 Å². The van der Waals surface area contributed by atoms with Crippen LogP contribution in [0.3, 0.4) is 0 Å². The van der Waals surface area contributed by atoms with Crippen LogP contribution in [0.1, 0.15) is 22.8 Å². The van der Waals surface area contributed by atoms with Crippen molar-refractivity contribution in [3.63, 3.8) is 0 Å². The molecule has 39 heavy (non-hydrogen) atoms. The van der Waals surface area contributed by atoms with Crippen molar-refractivity contribution in [3.05, 3.63) is 65.9 Å². The first-order valence-electron chi connectivity index (χ1n) is 12.5. The molecule has 1 saturated heterocycles. The second-order valence-corrected chi connectivity index (χ2v) is 10.7. The second kappa shape index (κ2) is 10.9. The summed E-state index contributed by atoms with van der Waals surface area (Å²) < 4.78 is 44.6. The highest BCUT2D eigenvalue weighted by Crippen LogP contribution is 2.31. The van der Waals surface area contributed by atoms with Crippen LogP contribution in [0.2, 0.25) is 0 Å². The lowest BCUT2D eigenvalue weighted by Crippen LogP contribution is -2.40. The van der Waals surface area contributed by atoms with Gasteiger partial charge < -0.3 is 24.4 Å². The molecule has 0 aliphatic carbocycles. The van der Waals surface area contributed by atoms with E-state index in [0.29, 0.717) is 55.3 Å². The number of carbonyl (C=O) groups excluding carboxylic acids is 1. The molecule has 1 fully saturated rings. The molecule has 1 aliphatic heterocycles. The van der Waals surface area contributed by atoms with Crippen molar-refractivity contribution in [1.29, 1.82) is 0 Å². The van der Waals surface area contributed by atoms with E-state index in [0.717, 1.165) is 9.54 Å². The Kier molecular flexibility index (Phi) is 7.40. The van der Waals surface area contributed by atoms with Gasteiger partial charge in [0, 0.05) is 31.0 Å². The molecular formula is C27H29N5O6S. The van der Waals surface area contributed by atoms with Crippen LogP contribution in [0, 0.1) is 6.92 Å². The number of fused-ring (bicyclic) bond motifs is 1. The van der Waals surface area contributed by atoms with Crippen molar-refractivity contribution < 1.29 is 27.4 Å². The first-order valence-corrected chi connectivity index (χ1v) is 13.9. The van der Waals surface area contributed by atoms with Crippen LogP contribution >= 0.6 is 0 Å². The Morgan fingerprint density at radius 3 is 2.51 bits per heavy atom. The number of nitrogens with one attached hydrogen (secondary N) is 1. The maximum Gasteiger partial charge on any atom is 0.269 e. The molecule has 4 aromatic rings. The Hall–Kier alpha value is -4.16. The predicted molar refractivity (Wildman–Crippen MR) is 145 cm³/mol. The molecule has 1 N–H and O–H groups in total. The SMILES string of the molecule is CCOc1nc(Nc2ccc(C(=O)N3CCOCC3)c(OC)c2)nc2c1ccn2S(=O)(=O)c1ccc(C)cc1. The molecule has 0 radical (unpaired) electrons. The van der Waals surface area contributed by atoms with Crippen LogP contribution < -0.4 is 14.8 Å². The highest BCUT2D eigenvalue weighted by Gasteiger charge is 2.24. The van der Waals surface area contributed by atoms with Crippen molar-refractivity contribution in [2.24, 2.45) is 0 Å². The van der Waals surface area contributed by atoms with Crippen molar-refractivity contribution in [2.75, 3.05) is 45.3 Å². The maximum atomic E-state index is 13.5. The van der Waals surface area contributed by atoms with E-state index in [-0.39, 0.29) is 28.3 Å². The third-order valence-corrected chi connectivity index (χ3v) is 8.00. The lowest BCUT2D eigenvalue weighted by atomic mass is 10.1. The minimum Gasteiger partial charge on any atom is -0.496 e. The van der Waals surface area contributed by atoms with Crippen LogP contribution in [-0.2, 0) is 14.8 Å². The molecule has 2 aromatic heterocycles. The molecule has 0 spiro atoms. The van der Waals surface area contributed by atoms with Gasteiger partial charge in [0.1, 0.15) is 5.75 Å². The number of hydrogen-bond acceptors (Lipinski definition) is 9. The summed E-state index contributed by atoms with van der Waals surface area (Å²) in [5.41, 5.74) is 2.09. The van der Waals surface area contributed by atoms with E-state index in [2.05, 4.69) is 15.3 Å². The Labute approximate surface area is 226 Å². The zero-order valence-corrected chi connectivity index (χ0v) is 22.7. The Morgan fingerprint density at radius 1 is 1.08 bits per heavy atom. The number of ether oxygens (including phenoxy) is 3. The first-order chi connectivity index (χ1) is 18.8. The molecule has 3 heterocycles. The summed E-state index contributed by atoms with van der Waals surface area (Å²) in [7, 11) is -2.43. The molecule has 12 heteroatoms. The zero-order valence-electron chi connectivity index (χ0n) is 21.9. The number of morpholine rings is 1. The first kappa shape index (κ1) is 26.4. The number of carbonyl (C=O) groups is 1. The van der Waals surface area contributed by atoms with Crippen molar-refractivity contribution in [3.8, 4) is 11.6 Å². The minimum atomic E-state index is -3.92. The van der Waals surface area contributed by atoms with Gasteiger partial charge >= 0.3 is 0 Å². The van der Waals surface area contributed by atoms with Crippen molar-refractivity contribution >= 4 is 38.6 Å². The summed E-state index contributed by atoms with van der Waals surface area (Å²) in [6.45, 7) is 6.06. The van der Waals surface area contributed by atoms with Crippen LogP contribution in [0.4, 0.5) is 11.6 Å². The average Bonchev–Trinajstić information content (AvgIpc) is 3.39. The van der Waals surface area contributed by atoms with Gasteiger partial charge in [-0.1, -0.05) is 17.7 Å². The summed E-state index contributed by atoms with van der Waals surface area (Å²) in [5, 5.41) is 3.56. The number of nitrogens with zero attached hydrogens (tertiary/aromatic N) is 4. The molecule has 2 aromatic carbocycles. The number of aromatic nitrogens is 3. The van der Waals surface area contributed by atoms with Crippen molar-refractivity contribution in [1.82, 2.24) is 18.8 Å². The third-order valence-electron chi connectivity index (χ3n) is 6.32. The van der Waals surface area contributed by atoms with E-state index in [1.165, 1.54) is 13.3 Å².